The van der Waals surface area contributed by atoms with E-state index in [1.165, 1.54) is 0 Å². The summed E-state index contributed by atoms with van der Waals surface area (Å²) < 4.78 is 6.43. The van der Waals surface area contributed by atoms with Crippen molar-refractivity contribution < 1.29 is 9.53 Å². The maximum atomic E-state index is 11.9. The average molecular weight is 379 g/mol. The van der Waals surface area contributed by atoms with Crippen LogP contribution < -0.4 is 10.1 Å². The first-order chi connectivity index (χ1) is 12.0. The van der Waals surface area contributed by atoms with Gasteiger partial charge >= 0.3 is 6.03 Å². The molecule has 1 fully saturated rings. The fourth-order valence-electron chi connectivity index (χ4n) is 3.21. The standard InChI is InChI=1S/C19H20Cl2N2O2/c1-22-18(24)23-10-8-19(9-11-23,14-4-2-5-15(20)12-14)25-17-7-3-6-16(21)13-17/h2-7,12-13H,8-11H2,1H3,(H,22,24). The first kappa shape index (κ1) is 17.9. The predicted molar refractivity (Wildman–Crippen MR) is 100 cm³/mol. The third-order valence-electron chi connectivity index (χ3n) is 4.53. The molecule has 0 bridgehead atoms. The van der Waals surface area contributed by atoms with Gasteiger partial charge in [-0.25, -0.2) is 4.79 Å². The molecule has 0 radical (unpaired) electrons. The zero-order chi connectivity index (χ0) is 17.9. The van der Waals surface area contributed by atoms with Crippen LogP contribution >= 0.6 is 23.2 Å². The summed E-state index contributed by atoms with van der Waals surface area (Å²) in [6, 6.07) is 15.0. The van der Waals surface area contributed by atoms with Gasteiger partial charge in [0.2, 0.25) is 0 Å². The molecule has 4 nitrogen and oxygen atoms in total. The maximum Gasteiger partial charge on any atom is 0.317 e. The van der Waals surface area contributed by atoms with Crippen LogP contribution in [0.1, 0.15) is 18.4 Å². The van der Waals surface area contributed by atoms with E-state index in [2.05, 4.69) is 5.32 Å². The third kappa shape index (κ3) is 4.02. The Kier molecular flexibility index (Phi) is 5.40. The van der Waals surface area contributed by atoms with E-state index in [9.17, 15) is 4.79 Å². The summed E-state index contributed by atoms with van der Waals surface area (Å²) in [5, 5.41) is 3.97. The van der Waals surface area contributed by atoms with Crippen molar-refractivity contribution in [3.8, 4) is 5.75 Å². The highest BCUT2D eigenvalue weighted by Crippen LogP contribution is 2.39. The van der Waals surface area contributed by atoms with E-state index in [1.807, 2.05) is 42.5 Å². The van der Waals surface area contributed by atoms with Crippen molar-refractivity contribution in [3.63, 3.8) is 0 Å². The van der Waals surface area contributed by atoms with E-state index < -0.39 is 5.60 Å². The number of carbonyl (C=O) groups excluding carboxylic acids is 1. The van der Waals surface area contributed by atoms with E-state index in [0.29, 0.717) is 41.7 Å². The molecule has 2 amide bonds. The number of benzene rings is 2. The van der Waals surface area contributed by atoms with Crippen LogP contribution in [0.2, 0.25) is 10.0 Å². The monoisotopic (exact) mass is 378 g/mol. The Balaban J connectivity index is 1.91. The number of nitrogens with one attached hydrogen (secondary N) is 1. The number of urea groups is 1. The maximum absolute atomic E-state index is 11.9. The molecule has 0 saturated carbocycles. The molecule has 0 unspecified atom stereocenters. The van der Waals surface area contributed by atoms with Crippen molar-refractivity contribution in [3.05, 3.63) is 64.1 Å². The minimum Gasteiger partial charge on any atom is -0.482 e. The highest BCUT2D eigenvalue weighted by molar-refractivity contribution is 6.31. The van der Waals surface area contributed by atoms with Crippen molar-refractivity contribution in [1.82, 2.24) is 10.2 Å². The number of carbonyl (C=O) groups is 1. The van der Waals surface area contributed by atoms with Crippen LogP contribution in [0.5, 0.6) is 5.75 Å². The van der Waals surface area contributed by atoms with Gasteiger partial charge in [0.1, 0.15) is 11.4 Å². The smallest absolute Gasteiger partial charge is 0.317 e. The number of amides is 2. The van der Waals surface area contributed by atoms with E-state index in [4.69, 9.17) is 27.9 Å². The molecule has 0 spiro atoms. The number of halogens is 2. The third-order valence-corrected chi connectivity index (χ3v) is 5.00. The second-order valence-corrected chi connectivity index (χ2v) is 6.98. The van der Waals surface area contributed by atoms with Gasteiger partial charge in [0.05, 0.1) is 0 Å². The predicted octanol–water partition coefficient (Wildman–Crippen LogP) is 4.70. The van der Waals surface area contributed by atoms with Gasteiger partial charge in [-0.3, -0.25) is 0 Å². The molecule has 1 aliphatic rings. The van der Waals surface area contributed by atoms with Gasteiger partial charge in [0.15, 0.2) is 0 Å². The Morgan fingerprint density at radius 2 is 1.72 bits per heavy atom. The quantitative estimate of drug-likeness (QED) is 0.840. The van der Waals surface area contributed by atoms with E-state index in [1.54, 1.807) is 18.0 Å². The molecule has 25 heavy (non-hydrogen) atoms. The molecular weight excluding hydrogens is 359 g/mol. The molecular formula is C19H20Cl2N2O2. The lowest BCUT2D eigenvalue weighted by molar-refractivity contribution is 0.00733. The number of hydrogen-bond acceptors (Lipinski definition) is 2. The minimum atomic E-state index is -0.542. The number of likely N-dealkylation sites (tertiary alicyclic amines) is 1. The van der Waals surface area contributed by atoms with E-state index >= 15 is 0 Å². The van der Waals surface area contributed by atoms with Crippen LogP contribution in [0.15, 0.2) is 48.5 Å². The Morgan fingerprint density at radius 1 is 1.08 bits per heavy atom. The molecule has 1 heterocycles. The van der Waals surface area contributed by atoms with Crippen LogP contribution in [0.25, 0.3) is 0 Å². The fraction of sp³-hybridized carbons (Fsp3) is 0.316. The van der Waals surface area contributed by atoms with Gasteiger partial charge in [-0.1, -0.05) is 41.4 Å². The number of rotatable bonds is 3. The lowest BCUT2D eigenvalue weighted by Gasteiger charge is -2.42. The second kappa shape index (κ2) is 7.54. The van der Waals surface area contributed by atoms with Gasteiger partial charge in [-0.05, 0) is 35.9 Å². The fourth-order valence-corrected chi connectivity index (χ4v) is 3.58. The summed E-state index contributed by atoms with van der Waals surface area (Å²) in [6.07, 6.45) is 1.35. The Hall–Kier alpha value is -1.91. The first-order valence-corrected chi connectivity index (χ1v) is 8.95. The van der Waals surface area contributed by atoms with Crippen molar-refractivity contribution in [2.45, 2.75) is 18.4 Å². The van der Waals surface area contributed by atoms with Crippen LogP contribution in [-0.2, 0) is 5.60 Å². The van der Waals surface area contributed by atoms with Gasteiger partial charge in [-0.2, -0.15) is 0 Å². The van der Waals surface area contributed by atoms with Gasteiger partial charge < -0.3 is 15.0 Å². The number of piperidine rings is 1. The molecule has 2 aromatic rings. The molecule has 132 valence electrons. The first-order valence-electron chi connectivity index (χ1n) is 8.20. The van der Waals surface area contributed by atoms with Crippen molar-refractivity contribution in [2.24, 2.45) is 0 Å². The highest BCUT2D eigenvalue weighted by Gasteiger charge is 2.39. The second-order valence-electron chi connectivity index (χ2n) is 6.11. The molecule has 0 aromatic heterocycles. The number of nitrogens with zero attached hydrogens (tertiary/aromatic N) is 1. The van der Waals surface area contributed by atoms with Gasteiger partial charge in [0.25, 0.3) is 0 Å². The van der Waals surface area contributed by atoms with Crippen LogP contribution in [0, 0.1) is 0 Å². The summed E-state index contributed by atoms with van der Waals surface area (Å²) in [5.41, 5.74) is 0.469. The Labute approximate surface area is 157 Å². The average Bonchev–Trinajstić information content (AvgIpc) is 2.62. The summed E-state index contributed by atoms with van der Waals surface area (Å²) in [6.45, 7) is 1.21. The topological polar surface area (TPSA) is 41.6 Å². The molecule has 0 atom stereocenters. The molecule has 6 heteroatoms. The largest absolute Gasteiger partial charge is 0.482 e. The summed E-state index contributed by atoms with van der Waals surface area (Å²) in [7, 11) is 1.64. The summed E-state index contributed by atoms with van der Waals surface area (Å²) in [4.78, 5) is 13.7. The molecule has 1 saturated heterocycles. The zero-order valence-electron chi connectivity index (χ0n) is 14.0. The van der Waals surface area contributed by atoms with Crippen LogP contribution in [0.4, 0.5) is 4.79 Å². The Morgan fingerprint density at radius 3 is 2.32 bits per heavy atom. The van der Waals surface area contributed by atoms with Gasteiger partial charge in [-0.15, -0.1) is 0 Å². The lowest BCUT2D eigenvalue weighted by Crippen LogP contribution is -2.50. The van der Waals surface area contributed by atoms with E-state index in [-0.39, 0.29) is 6.03 Å². The molecule has 1 aliphatic heterocycles. The summed E-state index contributed by atoms with van der Waals surface area (Å²) >= 11 is 12.3. The number of hydrogen-bond donors (Lipinski definition) is 1. The highest BCUT2D eigenvalue weighted by atomic mass is 35.5. The van der Waals surface area contributed by atoms with Crippen molar-refractivity contribution in [1.29, 1.82) is 0 Å². The normalized spacial score (nSPS) is 16.4. The minimum absolute atomic E-state index is 0.0672. The van der Waals surface area contributed by atoms with Crippen LogP contribution in [0.3, 0.4) is 0 Å². The van der Waals surface area contributed by atoms with Crippen molar-refractivity contribution in [2.75, 3.05) is 20.1 Å². The Bertz CT molecular complexity index is 759. The summed E-state index contributed by atoms with van der Waals surface area (Å²) in [5.74, 6) is 0.709. The van der Waals surface area contributed by atoms with E-state index in [0.717, 1.165) is 5.56 Å². The molecule has 1 N–H and O–H groups in total. The lowest BCUT2D eigenvalue weighted by atomic mass is 9.84. The zero-order valence-corrected chi connectivity index (χ0v) is 15.5. The molecule has 3 rings (SSSR count). The van der Waals surface area contributed by atoms with Crippen LogP contribution in [-0.4, -0.2) is 31.1 Å². The van der Waals surface area contributed by atoms with Crippen molar-refractivity contribution >= 4 is 29.2 Å². The van der Waals surface area contributed by atoms with Gasteiger partial charge in [0, 0.05) is 43.0 Å². The SMILES string of the molecule is CNC(=O)N1CCC(Oc2cccc(Cl)c2)(c2cccc(Cl)c2)CC1. The number of ether oxygens (including phenoxy) is 1. The molecule has 2 aromatic carbocycles. The molecule has 0 aliphatic carbocycles.